The molecule has 0 amide bonds. The van der Waals surface area contributed by atoms with Crippen LogP contribution in [0.4, 0.5) is 8.78 Å². The molecule has 1 saturated heterocycles. The Balaban J connectivity index is 1.76. The fourth-order valence-electron chi connectivity index (χ4n) is 3.69. The summed E-state index contributed by atoms with van der Waals surface area (Å²) < 4.78 is 63.6. The van der Waals surface area contributed by atoms with Crippen molar-refractivity contribution >= 4 is 28.1 Å². The number of hydrogen-bond acceptors (Lipinski definition) is 9. The van der Waals surface area contributed by atoms with Crippen LogP contribution < -0.4 is 5.26 Å². The molecule has 8 nitrogen and oxygen atoms in total. The lowest BCUT2D eigenvalue weighted by Crippen LogP contribution is -2.45. The number of fused-ring (bicyclic) bond motifs is 1. The van der Waals surface area contributed by atoms with Gasteiger partial charge in [0.15, 0.2) is 0 Å². The fourth-order valence-corrected chi connectivity index (χ4v) is 5.88. The van der Waals surface area contributed by atoms with E-state index in [4.69, 9.17) is 8.92 Å². The number of ether oxygens (including phenoxy) is 1. The van der Waals surface area contributed by atoms with E-state index < -0.39 is 56.3 Å². The summed E-state index contributed by atoms with van der Waals surface area (Å²) in [6.07, 6.45) is -1.44. The van der Waals surface area contributed by atoms with Crippen molar-refractivity contribution < 1.29 is 45.5 Å². The second-order valence-corrected chi connectivity index (χ2v) is 8.48. The average Bonchev–Trinajstić information content (AvgIpc) is 2.95. The first-order valence-corrected chi connectivity index (χ1v) is 8.47. The van der Waals surface area contributed by atoms with Crippen molar-refractivity contribution in [1.82, 2.24) is 0 Å². The number of carbonyl (C=O) groups excluding carboxylic acids is 1. The van der Waals surface area contributed by atoms with Crippen molar-refractivity contribution in [1.29, 1.82) is 0 Å². The topological polar surface area (TPSA) is 111 Å². The van der Waals surface area contributed by atoms with E-state index in [1.807, 2.05) is 0 Å². The van der Waals surface area contributed by atoms with Gasteiger partial charge in [-0.2, -0.15) is 21.5 Å². The molecule has 2 aliphatic carbocycles. The maximum Gasteiger partial charge on any atom is 0.415 e. The maximum absolute atomic E-state index is 13.4. The highest BCUT2D eigenvalue weighted by atomic mass is 32.2. The molecule has 0 radical (unpaired) electrons. The Morgan fingerprint density at radius 3 is 2.77 bits per heavy atom. The molecule has 22 heavy (non-hydrogen) atoms. The molecule has 2 saturated carbocycles. The zero-order chi connectivity index (χ0) is 16.3. The van der Waals surface area contributed by atoms with Gasteiger partial charge in [-0.05, 0) is 12.8 Å². The third-order valence-corrected chi connectivity index (χ3v) is 6.76. The normalized spacial score (nSPS) is 41.8. The predicted octanol–water partition coefficient (Wildman–Crippen LogP) is -0.110. The number of halogens is 2. The van der Waals surface area contributed by atoms with Crippen LogP contribution in [-0.2, 0) is 33.2 Å². The molecule has 126 valence electrons. The van der Waals surface area contributed by atoms with E-state index in [2.05, 4.69) is 9.37 Å². The Bertz CT molecular complexity index is 596. The molecule has 3 fully saturated rings. The number of esters is 1. The fraction of sp³-hybridized carbons (Fsp3) is 0.900. The monoisotopic (exact) mass is 361 g/mol. The molecule has 1 heterocycles. The average molecular weight is 361 g/mol. The molecule has 2 bridgehead atoms. The molecule has 5 unspecified atom stereocenters. The lowest BCUT2D eigenvalue weighted by Gasteiger charge is -2.33. The first-order chi connectivity index (χ1) is 10.1. The maximum atomic E-state index is 13.4. The second kappa shape index (κ2) is 4.98. The largest absolute Gasteiger partial charge is 0.691 e. The molecule has 1 aliphatic heterocycles. The summed E-state index contributed by atoms with van der Waals surface area (Å²) in [5.41, 5.74) is -0.740. The van der Waals surface area contributed by atoms with Gasteiger partial charge in [0.05, 0.1) is 5.25 Å². The number of hydrogen-bond donors (Lipinski definition) is 0. The van der Waals surface area contributed by atoms with Crippen molar-refractivity contribution in [2.75, 3.05) is 0 Å². The van der Waals surface area contributed by atoms with Crippen molar-refractivity contribution in [3.8, 4) is 0 Å². The minimum absolute atomic E-state index is 0.188. The lowest BCUT2D eigenvalue weighted by atomic mass is 9.82. The zero-order valence-corrected chi connectivity index (χ0v) is 12.7. The van der Waals surface area contributed by atoms with Gasteiger partial charge >= 0.3 is 11.2 Å². The van der Waals surface area contributed by atoms with E-state index in [0.717, 1.165) is 0 Å². The molecular formula is C10H11F2O8S2-. The highest BCUT2D eigenvalue weighted by Crippen LogP contribution is 2.62. The van der Waals surface area contributed by atoms with Crippen LogP contribution in [0.2, 0.25) is 0 Å². The van der Waals surface area contributed by atoms with Crippen LogP contribution in [0.15, 0.2) is 0 Å². The molecule has 3 aliphatic rings. The molecule has 12 heteroatoms. The summed E-state index contributed by atoms with van der Waals surface area (Å²) in [4.78, 5) is 11.5. The first-order valence-electron chi connectivity index (χ1n) is 6.26. The van der Waals surface area contributed by atoms with Gasteiger partial charge in [-0.3, -0.25) is 9.22 Å². The standard InChI is InChI=1S/C10H12F2O8S2/c1-9-2-4-5(3-9)22(15,16)18-6(4)7(9)17-8(13)10(11,12)21-20-19-14/h4-7,14H,2-3H2,1H3/p-1. The summed E-state index contributed by atoms with van der Waals surface area (Å²) >= 11 is -0.793. The van der Waals surface area contributed by atoms with Gasteiger partial charge in [-0.15, -0.1) is 0 Å². The van der Waals surface area contributed by atoms with Crippen LogP contribution in [0.25, 0.3) is 0 Å². The molecule has 5 atom stereocenters. The SMILES string of the molecule is CC12CC3C(OS(=O)(=O)C3C1)C2OC(=O)C(F)(F)SOO[O-]. The predicted molar refractivity (Wildman–Crippen MR) is 63.0 cm³/mol. The highest BCUT2D eigenvalue weighted by molar-refractivity contribution is 7.96. The molecule has 0 spiro atoms. The van der Waals surface area contributed by atoms with Crippen LogP contribution in [-0.4, -0.2) is 37.1 Å². The molecule has 0 aromatic heterocycles. The quantitative estimate of drug-likeness (QED) is 0.218. The van der Waals surface area contributed by atoms with Gasteiger partial charge in [0.25, 0.3) is 10.1 Å². The molecule has 3 rings (SSSR count). The van der Waals surface area contributed by atoms with Gasteiger partial charge in [0.2, 0.25) is 0 Å². The summed E-state index contributed by atoms with van der Waals surface area (Å²) in [6, 6.07) is 0. The van der Waals surface area contributed by atoms with Gasteiger partial charge in [-0.25, -0.2) is 4.79 Å². The van der Waals surface area contributed by atoms with E-state index in [0.29, 0.717) is 6.42 Å². The third-order valence-electron chi connectivity index (χ3n) is 4.51. The minimum Gasteiger partial charge on any atom is -0.691 e. The molecule has 0 aromatic rings. The highest BCUT2D eigenvalue weighted by Gasteiger charge is 2.70. The Labute approximate surface area is 128 Å². The molecule has 0 N–H and O–H groups in total. The van der Waals surface area contributed by atoms with Crippen LogP contribution in [0.1, 0.15) is 19.8 Å². The van der Waals surface area contributed by atoms with Gasteiger partial charge in [0, 0.05) is 11.3 Å². The Morgan fingerprint density at radius 2 is 2.14 bits per heavy atom. The summed E-state index contributed by atoms with van der Waals surface area (Å²) in [5.74, 6) is -2.31. The van der Waals surface area contributed by atoms with Crippen LogP contribution in [0.5, 0.6) is 0 Å². The second-order valence-electron chi connectivity index (χ2n) is 5.88. The number of rotatable bonds is 5. The lowest BCUT2D eigenvalue weighted by molar-refractivity contribution is -0.777. The first kappa shape index (κ1) is 16.3. The van der Waals surface area contributed by atoms with Gasteiger partial charge in [-0.1, -0.05) is 6.92 Å². The zero-order valence-electron chi connectivity index (χ0n) is 11.1. The van der Waals surface area contributed by atoms with Gasteiger partial charge < -0.3 is 9.99 Å². The van der Waals surface area contributed by atoms with Crippen LogP contribution >= 0.6 is 12.0 Å². The third kappa shape index (κ3) is 2.32. The molecular weight excluding hydrogens is 350 g/mol. The van der Waals surface area contributed by atoms with E-state index >= 15 is 0 Å². The Morgan fingerprint density at radius 1 is 1.45 bits per heavy atom. The van der Waals surface area contributed by atoms with Gasteiger partial charge in [0.1, 0.15) is 24.3 Å². The van der Waals surface area contributed by atoms with E-state index in [1.165, 1.54) is 0 Å². The number of carbonyl (C=O) groups is 1. The molecule has 0 aromatic carbocycles. The van der Waals surface area contributed by atoms with E-state index in [1.54, 1.807) is 6.92 Å². The Kier molecular flexibility index (Phi) is 3.70. The van der Waals surface area contributed by atoms with E-state index in [-0.39, 0.29) is 12.3 Å². The number of alkyl halides is 2. The van der Waals surface area contributed by atoms with Crippen LogP contribution in [0.3, 0.4) is 0 Å². The summed E-state index contributed by atoms with van der Waals surface area (Å²) in [7, 11) is -3.76. The van der Waals surface area contributed by atoms with Crippen molar-refractivity contribution in [3.05, 3.63) is 0 Å². The summed E-state index contributed by atoms with van der Waals surface area (Å²) in [6.45, 7) is 1.67. The Hall–Kier alpha value is -0.530. The summed E-state index contributed by atoms with van der Waals surface area (Å²) in [5, 5.41) is 7.48. The van der Waals surface area contributed by atoms with E-state index in [9.17, 15) is 27.3 Å². The van der Waals surface area contributed by atoms with Crippen molar-refractivity contribution in [2.24, 2.45) is 11.3 Å². The van der Waals surface area contributed by atoms with Crippen molar-refractivity contribution in [2.45, 2.75) is 42.5 Å². The van der Waals surface area contributed by atoms with Crippen molar-refractivity contribution in [3.63, 3.8) is 0 Å². The smallest absolute Gasteiger partial charge is 0.415 e. The van der Waals surface area contributed by atoms with Crippen LogP contribution in [0, 0.1) is 11.3 Å². The minimum atomic E-state index is -4.17.